The highest BCUT2D eigenvalue weighted by Crippen LogP contribution is 2.27. The quantitative estimate of drug-likeness (QED) is 0.373. The zero-order chi connectivity index (χ0) is 24.0. The first-order valence-corrected chi connectivity index (χ1v) is 12.3. The predicted molar refractivity (Wildman–Crippen MR) is 133 cm³/mol. The molecule has 3 aromatic carbocycles. The largest absolute Gasteiger partial charge is 0.348 e. The molecule has 0 saturated heterocycles. The fraction of sp³-hybridized carbons (Fsp3) is 0.0769. The number of hydrogen-bond donors (Lipinski definition) is 1. The molecule has 4 rings (SSSR count). The van der Waals surface area contributed by atoms with Crippen LogP contribution in [0.25, 0.3) is 0 Å². The third-order valence-corrected chi connectivity index (χ3v) is 7.17. The van der Waals surface area contributed by atoms with Crippen LogP contribution in [0.15, 0.2) is 108 Å². The van der Waals surface area contributed by atoms with Gasteiger partial charge in [-0.3, -0.25) is 14.1 Å². The van der Waals surface area contributed by atoms with Crippen molar-refractivity contribution in [1.29, 1.82) is 0 Å². The zero-order valence-electron chi connectivity index (χ0n) is 18.1. The van der Waals surface area contributed by atoms with Crippen molar-refractivity contribution < 1.29 is 13.2 Å². The molecule has 1 N–H and O–H groups in total. The van der Waals surface area contributed by atoms with Crippen LogP contribution in [-0.4, -0.2) is 19.3 Å². The van der Waals surface area contributed by atoms with Crippen LogP contribution in [0.2, 0.25) is 5.02 Å². The van der Waals surface area contributed by atoms with Gasteiger partial charge in [-0.25, -0.2) is 8.42 Å². The Morgan fingerprint density at radius 3 is 2.32 bits per heavy atom. The zero-order valence-corrected chi connectivity index (χ0v) is 19.7. The van der Waals surface area contributed by atoms with Crippen molar-refractivity contribution in [3.8, 4) is 0 Å². The van der Waals surface area contributed by atoms with Gasteiger partial charge >= 0.3 is 0 Å². The molecule has 0 fully saturated rings. The molecule has 0 aliphatic heterocycles. The Hall–Kier alpha value is -3.68. The highest BCUT2D eigenvalue weighted by atomic mass is 35.5. The van der Waals surface area contributed by atoms with Crippen LogP contribution in [-0.2, 0) is 23.1 Å². The maximum atomic E-state index is 13.7. The van der Waals surface area contributed by atoms with E-state index < -0.39 is 10.0 Å². The number of aromatic nitrogens is 1. The van der Waals surface area contributed by atoms with Gasteiger partial charge < -0.3 is 5.32 Å². The summed E-state index contributed by atoms with van der Waals surface area (Å²) in [5.74, 6) is -0.373. The molecule has 0 aliphatic carbocycles. The van der Waals surface area contributed by atoms with E-state index >= 15 is 0 Å². The van der Waals surface area contributed by atoms with Gasteiger partial charge in [-0.2, -0.15) is 0 Å². The Morgan fingerprint density at radius 2 is 1.62 bits per heavy atom. The van der Waals surface area contributed by atoms with Crippen molar-refractivity contribution >= 4 is 33.2 Å². The molecular weight excluding hydrogens is 470 g/mol. The second-order valence-corrected chi connectivity index (χ2v) is 9.84. The molecule has 0 unspecified atom stereocenters. The molecule has 0 aliphatic rings. The Kier molecular flexibility index (Phi) is 7.25. The number of halogens is 1. The maximum absolute atomic E-state index is 13.7. The van der Waals surface area contributed by atoms with Crippen LogP contribution in [0.5, 0.6) is 0 Å². The molecule has 1 heterocycles. The summed E-state index contributed by atoms with van der Waals surface area (Å²) in [5, 5.41) is 3.31. The molecule has 4 aromatic rings. The number of carbonyl (C=O) groups is 1. The number of benzene rings is 3. The first-order valence-electron chi connectivity index (χ1n) is 10.5. The van der Waals surface area contributed by atoms with Crippen LogP contribution >= 0.6 is 11.6 Å². The van der Waals surface area contributed by atoms with E-state index in [9.17, 15) is 13.2 Å². The molecule has 1 aromatic heterocycles. The second-order valence-electron chi connectivity index (χ2n) is 7.55. The first kappa shape index (κ1) is 23.5. The van der Waals surface area contributed by atoms with Crippen LogP contribution < -0.4 is 9.62 Å². The Bertz CT molecular complexity index is 1360. The van der Waals surface area contributed by atoms with E-state index in [-0.39, 0.29) is 29.5 Å². The van der Waals surface area contributed by atoms with Crippen molar-refractivity contribution in [3.63, 3.8) is 0 Å². The van der Waals surface area contributed by atoms with Gasteiger partial charge in [0.15, 0.2) is 0 Å². The molecule has 34 heavy (non-hydrogen) atoms. The standard InChI is InChI=1S/C26H22ClN3O3S/c27-23-11-13-24(14-12-23)30(19-20-6-2-1-3-7-20)34(32,33)25-10-4-9-22(16-25)26(31)29-18-21-8-5-15-28-17-21/h1-17H,18-19H2,(H,29,31). The fourth-order valence-corrected chi connectivity index (χ4v) is 5.01. The normalized spacial score (nSPS) is 11.1. The Labute approximate surface area is 203 Å². The molecule has 0 atom stereocenters. The number of amides is 1. The van der Waals surface area contributed by atoms with Gasteiger partial charge in [-0.15, -0.1) is 0 Å². The number of carbonyl (C=O) groups excluding carboxylic acids is 1. The highest BCUT2D eigenvalue weighted by molar-refractivity contribution is 7.92. The molecular formula is C26H22ClN3O3S. The van der Waals surface area contributed by atoms with E-state index in [2.05, 4.69) is 10.3 Å². The Morgan fingerprint density at radius 1 is 0.882 bits per heavy atom. The summed E-state index contributed by atoms with van der Waals surface area (Å²) < 4.78 is 28.8. The van der Waals surface area contributed by atoms with Gasteiger partial charge in [0.2, 0.25) is 0 Å². The topological polar surface area (TPSA) is 79.4 Å². The number of nitrogens with one attached hydrogen (secondary N) is 1. The molecule has 0 spiro atoms. The fourth-order valence-electron chi connectivity index (χ4n) is 3.38. The summed E-state index contributed by atoms with van der Waals surface area (Å²) in [6, 6.07) is 25.6. The van der Waals surface area contributed by atoms with Gasteiger partial charge in [-0.1, -0.05) is 54.1 Å². The molecule has 172 valence electrons. The molecule has 6 nitrogen and oxygen atoms in total. The summed E-state index contributed by atoms with van der Waals surface area (Å²) >= 11 is 6.02. The van der Waals surface area contributed by atoms with E-state index in [0.717, 1.165) is 11.1 Å². The average molecular weight is 492 g/mol. The van der Waals surface area contributed by atoms with Crippen molar-refractivity contribution in [2.45, 2.75) is 18.0 Å². The summed E-state index contributed by atoms with van der Waals surface area (Å²) in [5.41, 5.74) is 2.39. The predicted octanol–water partition coefficient (Wildman–Crippen LogP) is 5.06. The number of rotatable bonds is 8. The van der Waals surface area contributed by atoms with Crippen molar-refractivity contribution in [3.05, 3.63) is 125 Å². The van der Waals surface area contributed by atoms with Gasteiger partial charge in [0.25, 0.3) is 15.9 Å². The van der Waals surface area contributed by atoms with E-state index in [1.54, 1.807) is 54.9 Å². The smallest absolute Gasteiger partial charge is 0.264 e. The van der Waals surface area contributed by atoms with Gasteiger partial charge in [0, 0.05) is 29.5 Å². The van der Waals surface area contributed by atoms with Crippen molar-refractivity contribution in [2.75, 3.05) is 4.31 Å². The maximum Gasteiger partial charge on any atom is 0.264 e. The minimum atomic E-state index is -3.99. The van der Waals surface area contributed by atoms with E-state index in [1.165, 1.54) is 16.4 Å². The van der Waals surface area contributed by atoms with Crippen LogP contribution in [0.3, 0.4) is 0 Å². The molecule has 8 heteroatoms. The van der Waals surface area contributed by atoms with Crippen LogP contribution in [0.4, 0.5) is 5.69 Å². The number of pyridine rings is 1. The minimum Gasteiger partial charge on any atom is -0.348 e. The number of hydrogen-bond acceptors (Lipinski definition) is 4. The third-order valence-electron chi connectivity index (χ3n) is 5.14. The van der Waals surface area contributed by atoms with Gasteiger partial charge in [0.05, 0.1) is 17.1 Å². The van der Waals surface area contributed by atoms with E-state index in [4.69, 9.17) is 11.6 Å². The van der Waals surface area contributed by atoms with E-state index in [1.807, 2.05) is 36.4 Å². The lowest BCUT2D eigenvalue weighted by Gasteiger charge is -2.25. The SMILES string of the molecule is O=C(NCc1cccnc1)c1cccc(S(=O)(=O)N(Cc2ccccc2)c2ccc(Cl)cc2)c1. The van der Waals surface area contributed by atoms with Crippen molar-refractivity contribution in [1.82, 2.24) is 10.3 Å². The summed E-state index contributed by atoms with van der Waals surface area (Å²) in [6.45, 7) is 0.413. The molecule has 0 radical (unpaired) electrons. The molecule has 0 bridgehead atoms. The lowest BCUT2D eigenvalue weighted by Crippen LogP contribution is -2.31. The summed E-state index contributed by atoms with van der Waals surface area (Å²) in [6.07, 6.45) is 3.32. The number of sulfonamides is 1. The van der Waals surface area contributed by atoms with Crippen LogP contribution in [0, 0.1) is 0 Å². The lowest BCUT2D eigenvalue weighted by molar-refractivity contribution is 0.0950. The average Bonchev–Trinajstić information content (AvgIpc) is 2.88. The highest BCUT2D eigenvalue weighted by Gasteiger charge is 2.26. The summed E-state index contributed by atoms with van der Waals surface area (Å²) in [7, 11) is -3.99. The van der Waals surface area contributed by atoms with Gasteiger partial charge in [-0.05, 0) is 59.7 Å². The monoisotopic (exact) mass is 491 g/mol. The van der Waals surface area contributed by atoms with Crippen molar-refractivity contribution in [2.24, 2.45) is 0 Å². The number of anilines is 1. The van der Waals surface area contributed by atoms with Gasteiger partial charge in [0.1, 0.15) is 0 Å². The second kappa shape index (κ2) is 10.5. The summed E-state index contributed by atoms with van der Waals surface area (Å²) in [4.78, 5) is 16.8. The molecule has 0 saturated carbocycles. The third kappa shape index (κ3) is 5.62. The number of nitrogens with zero attached hydrogens (tertiary/aromatic N) is 2. The lowest BCUT2D eigenvalue weighted by atomic mass is 10.2. The Balaban J connectivity index is 1.63. The van der Waals surface area contributed by atoms with E-state index in [0.29, 0.717) is 10.7 Å². The minimum absolute atomic E-state index is 0.0207. The van der Waals surface area contributed by atoms with Crippen LogP contribution in [0.1, 0.15) is 21.5 Å². The molecule has 1 amide bonds. The first-order chi connectivity index (χ1) is 16.4.